The maximum absolute atomic E-state index is 12.8. The molecule has 1 amide bonds. The molecule has 1 N–H and O–H groups in total. The highest BCUT2D eigenvalue weighted by Crippen LogP contribution is 2.24. The molecule has 0 aliphatic rings. The summed E-state index contributed by atoms with van der Waals surface area (Å²) in [6.07, 6.45) is 6.66. The highest BCUT2D eigenvalue weighted by atomic mass is 32.1. The molecule has 31 heavy (non-hydrogen) atoms. The third-order valence-electron chi connectivity index (χ3n) is 5.11. The molecule has 0 atom stereocenters. The van der Waals surface area contributed by atoms with Gasteiger partial charge in [0.1, 0.15) is 0 Å². The molecule has 0 aliphatic carbocycles. The molecule has 0 radical (unpaired) electrons. The number of nitrogens with zero attached hydrogens (tertiary/aromatic N) is 3. The van der Waals surface area contributed by atoms with Crippen LogP contribution in [0.4, 0.5) is 0 Å². The molecule has 2 aromatic carbocycles. The van der Waals surface area contributed by atoms with Crippen molar-refractivity contribution >= 4 is 17.2 Å². The Labute approximate surface area is 186 Å². The van der Waals surface area contributed by atoms with E-state index in [0.29, 0.717) is 12.1 Å². The van der Waals surface area contributed by atoms with E-state index in [1.165, 1.54) is 10.6 Å². The van der Waals surface area contributed by atoms with Gasteiger partial charge in [-0.2, -0.15) is 5.10 Å². The Morgan fingerprint density at radius 3 is 2.65 bits per heavy atom. The number of benzene rings is 2. The Balaban J connectivity index is 1.34. The lowest BCUT2D eigenvalue weighted by Crippen LogP contribution is -2.25. The summed E-state index contributed by atoms with van der Waals surface area (Å²) < 4.78 is 1.89. The number of amides is 1. The summed E-state index contributed by atoms with van der Waals surface area (Å²) in [7, 11) is 0. The van der Waals surface area contributed by atoms with Gasteiger partial charge in [-0.25, -0.2) is 4.98 Å². The van der Waals surface area contributed by atoms with E-state index in [2.05, 4.69) is 45.0 Å². The first-order valence-corrected chi connectivity index (χ1v) is 11.4. The van der Waals surface area contributed by atoms with E-state index < -0.39 is 0 Å². The lowest BCUT2D eigenvalue weighted by molar-refractivity contribution is 0.0953. The van der Waals surface area contributed by atoms with Crippen LogP contribution in [0.3, 0.4) is 0 Å². The summed E-state index contributed by atoms with van der Waals surface area (Å²) in [4.78, 5) is 17.3. The van der Waals surface area contributed by atoms with Crippen LogP contribution in [0.5, 0.6) is 0 Å². The van der Waals surface area contributed by atoms with Gasteiger partial charge in [0.25, 0.3) is 5.91 Å². The Bertz CT molecular complexity index is 1120. The molecule has 0 saturated carbocycles. The summed E-state index contributed by atoms with van der Waals surface area (Å²) in [5.41, 5.74) is 4.94. The maximum atomic E-state index is 12.8. The zero-order valence-corrected chi connectivity index (χ0v) is 18.4. The van der Waals surface area contributed by atoms with Gasteiger partial charge < -0.3 is 5.32 Å². The molecule has 5 nitrogen and oxygen atoms in total. The van der Waals surface area contributed by atoms with Gasteiger partial charge in [0.05, 0.1) is 11.6 Å². The van der Waals surface area contributed by atoms with Crippen molar-refractivity contribution in [3.63, 3.8) is 0 Å². The summed E-state index contributed by atoms with van der Waals surface area (Å²) in [6, 6.07) is 18.0. The summed E-state index contributed by atoms with van der Waals surface area (Å²) >= 11 is 1.71. The number of carbonyl (C=O) groups is 1. The van der Waals surface area contributed by atoms with Gasteiger partial charge in [-0.05, 0) is 55.0 Å². The molecule has 4 rings (SSSR count). The largest absolute Gasteiger partial charge is 0.352 e. The van der Waals surface area contributed by atoms with Crippen LogP contribution in [-0.4, -0.2) is 27.2 Å². The van der Waals surface area contributed by atoms with Crippen molar-refractivity contribution in [1.82, 2.24) is 20.1 Å². The Morgan fingerprint density at radius 2 is 1.90 bits per heavy atom. The van der Waals surface area contributed by atoms with E-state index in [4.69, 9.17) is 0 Å². The van der Waals surface area contributed by atoms with Crippen LogP contribution in [-0.2, 0) is 13.0 Å². The first-order chi connectivity index (χ1) is 15.2. The Morgan fingerprint density at radius 1 is 1.06 bits per heavy atom. The second kappa shape index (κ2) is 10.2. The predicted octanol–water partition coefficient (Wildman–Crippen LogP) is 5.12. The fraction of sp³-hybridized carbons (Fsp3) is 0.240. The molecule has 2 heterocycles. The lowest BCUT2D eigenvalue weighted by atomic mass is 9.98. The molecule has 158 valence electrons. The van der Waals surface area contributed by atoms with Crippen molar-refractivity contribution < 1.29 is 4.79 Å². The quantitative estimate of drug-likeness (QED) is 0.375. The van der Waals surface area contributed by atoms with E-state index in [0.717, 1.165) is 42.6 Å². The molecule has 0 aliphatic heterocycles. The number of thiazole rings is 1. The van der Waals surface area contributed by atoms with Crippen LogP contribution in [0.2, 0.25) is 0 Å². The Kier molecular flexibility index (Phi) is 6.89. The van der Waals surface area contributed by atoms with Gasteiger partial charge in [0.2, 0.25) is 0 Å². The van der Waals surface area contributed by atoms with Gasteiger partial charge in [0.15, 0.2) is 0 Å². The van der Waals surface area contributed by atoms with Gasteiger partial charge in [-0.1, -0.05) is 42.5 Å². The number of hydrogen-bond donors (Lipinski definition) is 1. The van der Waals surface area contributed by atoms with Crippen LogP contribution in [0.15, 0.2) is 72.4 Å². The van der Waals surface area contributed by atoms with Crippen LogP contribution >= 0.6 is 11.3 Å². The average Bonchev–Trinajstić information content (AvgIpc) is 3.45. The highest BCUT2D eigenvalue weighted by molar-refractivity contribution is 7.09. The van der Waals surface area contributed by atoms with Crippen molar-refractivity contribution in [2.75, 3.05) is 6.54 Å². The molecule has 0 fully saturated rings. The topological polar surface area (TPSA) is 59.8 Å². The summed E-state index contributed by atoms with van der Waals surface area (Å²) in [6.45, 7) is 3.42. The number of rotatable bonds is 9. The molecule has 0 saturated heterocycles. The molecule has 2 aromatic heterocycles. The summed E-state index contributed by atoms with van der Waals surface area (Å²) in [5, 5.41) is 10.6. The second-order valence-electron chi connectivity index (χ2n) is 7.54. The van der Waals surface area contributed by atoms with Gasteiger partial charge in [0, 0.05) is 35.6 Å². The van der Waals surface area contributed by atoms with Crippen molar-refractivity contribution in [2.45, 2.75) is 32.7 Å². The molecular formula is C25H26N4OS. The Hall–Kier alpha value is -3.25. The van der Waals surface area contributed by atoms with E-state index in [9.17, 15) is 4.79 Å². The van der Waals surface area contributed by atoms with Gasteiger partial charge >= 0.3 is 0 Å². The van der Waals surface area contributed by atoms with E-state index in [-0.39, 0.29) is 5.91 Å². The highest BCUT2D eigenvalue weighted by Gasteiger charge is 2.12. The number of aromatic nitrogens is 3. The monoisotopic (exact) mass is 430 g/mol. The van der Waals surface area contributed by atoms with Gasteiger partial charge in [-0.15, -0.1) is 11.3 Å². The van der Waals surface area contributed by atoms with Crippen molar-refractivity contribution in [3.8, 4) is 11.1 Å². The van der Waals surface area contributed by atoms with Crippen molar-refractivity contribution in [1.29, 1.82) is 0 Å². The minimum absolute atomic E-state index is 0.0266. The lowest BCUT2D eigenvalue weighted by Gasteiger charge is -2.11. The number of hydrogen-bond acceptors (Lipinski definition) is 4. The number of nitrogens with one attached hydrogen (secondary N) is 1. The second-order valence-corrected chi connectivity index (χ2v) is 8.48. The first kappa shape index (κ1) is 21.0. The normalized spacial score (nSPS) is 10.9. The van der Waals surface area contributed by atoms with E-state index >= 15 is 0 Å². The number of carbonyl (C=O) groups excluding carboxylic acids is 1. The fourth-order valence-corrected chi connectivity index (χ4v) is 4.34. The molecule has 6 heteroatoms. The minimum Gasteiger partial charge on any atom is -0.352 e. The molecule has 0 bridgehead atoms. The molecule has 0 spiro atoms. The third-order valence-corrected chi connectivity index (χ3v) is 6.14. The third kappa shape index (κ3) is 5.67. The van der Waals surface area contributed by atoms with E-state index in [1.807, 2.05) is 48.1 Å². The average molecular weight is 431 g/mol. The van der Waals surface area contributed by atoms with E-state index in [1.54, 1.807) is 17.5 Å². The first-order valence-electron chi connectivity index (χ1n) is 10.5. The molecule has 0 unspecified atom stereocenters. The van der Waals surface area contributed by atoms with Crippen LogP contribution in [0.1, 0.15) is 39.5 Å². The predicted molar refractivity (Wildman–Crippen MR) is 125 cm³/mol. The zero-order valence-electron chi connectivity index (χ0n) is 17.6. The SMILES string of the molecule is Cc1csc(CCCCNC(=O)c2ccccc2-c2ccc(Cn3cccn3)cc2)n1. The minimum atomic E-state index is -0.0266. The van der Waals surface area contributed by atoms with Crippen LogP contribution in [0, 0.1) is 6.92 Å². The summed E-state index contributed by atoms with van der Waals surface area (Å²) in [5.74, 6) is -0.0266. The van der Waals surface area contributed by atoms with Crippen LogP contribution < -0.4 is 5.32 Å². The molecule has 4 aromatic rings. The fourth-order valence-electron chi connectivity index (χ4n) is 3.52. The van der Waals surface area contributed by atoms with Crippen molar-refractivity contribution in [2.24, 2.45) is 0 Å². The zero-order chi connectivity index (χ0) is 21.5. The van der Waals surface area contributed by atoms with Gasteiger partial charge in [-0.3, -0.25) is 9.48 Å². The maximum Gasteiger partial charge on any atom is 0.251 e. The van der Waals surface area contributed by atoms with Crippen molar-refractivity contribution in [3.05, 3.63) is 94.2 Å². The molecular weight excluding hydrogens is 404 g/mol. The van der Waals surface area contributed by atoms with Crippen LogP contribution in [0.25, 0.3) is 11.1 Å². The number of aryl methyl sites for hydroxylation is 2. The smallest absolute Gasteiger partial charge is 0.251 e. The number of unbranched alkanes of at least 4 members (excludes halogenated alkanes) is 1. The standard InChI is InChI=1S/C25H26N4OS/c1-19-18-31-24(28-19)9-4-5-14-26-25(30)23-8-3-2-7-22(23)21-12-10-20(11-13-21)17-29-16-6-15-27-29/h2-3,6-8,10-13,15-16,18H,4-5,9,14,17H2,1H3,(H,26,30).